The Hall–Kier alpha value is -1.68. The fourth-order valence-corrected chi connectivity index (χ4v) is 1.98. The van der Waals surface area contributed by atoms with Gasteiger partial charge in [-0.05, 0) is 37.0 Å². The van der Waals surface area contributed by atoms with Gasteiger partial charge in [-0.15, -0.1) is 0 Å². The fourth-order valence-electron chi connectivity index (χ4n) is 1.98. The van der Waals surface area contributed by atoms with Crippen molar-refractivity contribution in [3.05, 3.63) is 52.1 Å². The molecule has 0 spiro atoms. The second-order valence-electron chi connectivity index (χ2n) is 4.12. The summed E-state index contributed by atoms with van der Waals surface area (Å²) in [5, 5.41) is 11.1. The van der Waals surface area contributed by atoms with Gasteiger partial charge in [0.2, 0.25) is 0 Å². The third kappa shape index (κ3) is 3.14. The lowest BCUT2D eigenvalue weighted by Crippen LogP contribution is -2.15. The highest BCUT2D eigenvalue weighted by atomic mass is 16.6. The van der Waals surface area contributed by atoms with Gasteiger partial charge in [0.05, 0.1) is 10.5 Å². The molecule has 0 bridgehead atoms. The molecule has 1 heterocycles. The number of hydrogen-bond donors (Lipinski definition) is 0. The highest BCUT2D eigenvalue weighted by molar-refractivity contribution is 5.58. The number of rotatable bonds is 3. The summed E-state index contributed by atoms with van der Waals surface area (Å²) in [6.45, 7) is 1.39. The first kappa shape index (κ1) is 11.8. The van der Waals surface area contributed by atoms with Crippen LogP contribution in [0, 0.1) is 16.0 Å². The number of allylic oxidation sites excluding steroid dienone is 1. The molecule has 4 heteroatoms. The normalized spacial score (nSPS) is 18.0. The molecular formula is C13H15NO3. The molecule has 0 unspecified atom stereocenters. The number of nitro groups is 1. The monoisotopic (exact) mass is 233 g/mol. The summed E-state index contributed by atoms with van der Waals surface area (Å²) in [6.07, 6.45) is 3.51. The van der Waals surface area contributed by atoms with Gasteiger partial charge in [0.15, 0.2) is 0 Å². The molecule has 0 atom stereocenters. The molecule has 0 saturated carbocycles. The van der Waals surface area contributed by atoms with Gasteiger partial charge in [-0.1, -0.05) is 18.2 Å². The van der Waals surface area contributed by atoms with E-state index < -0.39 is 0 Å². The predicted octanol–water partition coefficient (Wildman–Crippen LogP) is 2.73. The van der Waals surface area contributed by atoms with Crippen molar-refractivity contribution in [3.8, 4) is 0 Å². The van der Waals surface area contributed by atoms with E-state index in [0.717, 1.165) is 12.8 Å². The van der Waals surface area contributed by atoms with Crippen molar-refractivity contribution < 1.29 is 9.66 Å². The largest absolute Gasteiger partial charge is 0.381 e. The van der Waals surface area contributed by atoms with Crippen LogP contribution in [0.4, 0.5) is 0 Å². The van der Waals surface area contributed by atoms with Crippen LogP contribution in [-0.4, -0.2) is 18.1 Å². The second-order valence-corrected chi connectivity index (χ2v) is 4.12. The van der Waals surface area contributed by atoms with E-state index in [1.165, 1.54) is 0 Å². The van der Waals surface area contributed by atoms with Gasteiger partial charge in [-0.25, -0.2) is 0 Å². The summed E-state index contributed by atoms with van der Waals surface area (Å²) in [4.78, 5) is 10.8. The van der Waals surface area contributed by atoms with Crippen LogP contribution in [0.25, 0.3) is 5.70 Å². The van der Waals surface area contributed by atoms with Crippen molar-refractivity contribution in [1.29, 1.82) is 0 Å². The van der Waals surface area contributed by atoms with Crippen molar-refractivity contribution in [2.45, 2.75) is 12.8 Å². The first-order valence-corrected chi connectivity index (χ1v) is 5.77. The Balaban J connectivity index is 2.22. The highest BCUT2D eigenvalue weighted by Crippen LogP contribution is 2.23. The van der Waals surface area contributed by atoms with Crippen LogP contribution >= 0.6 is 0 Å². The number of hydrogen-bond acceptors (Lipinski definition) is 3. The van der Waals surface area contributed by atoms with Crippen LogP contribution < -0.4 is 0 Å². The molecule has 2 rings (SSSR count). The van der Waals surface area contributed by atoms with Gasteiger partial charge in [-0.2, -0.15) is 0 Å². The highest BCUT2D eigenvalue weighted by Gasteiger charge is 2.19. The number of ether oxygens (including phenoxy) is 1. The topological polar surface area (TPSA) is 52.4 Å². The lowest BCUT2D eigenvalue weighted by atomic mass is 9.97. The summed E-state index contributed by atoms with van der Waals surface area (Å²) < 4.78 is 5.25. The van der Waals surface area contributed by atoms with Crippen molar-refractivity contribution >= 4 is 5.70 Å². The zero-order valence-electron chi connectivity index (χ0n) is 9.54. The zero-order valence-corrected chi connectivity index (χ0v) is 9.54. The summed E-state index contributed by atoms with van der Waals surface area (Å²) in [5.74, 6) is 0.254. The van der Waals surface area contributed by atoms with Gasteiger partial charge in [0.25, 0.3) is 5.70 Å². The third-order valence-electron chi connectivity index (χ3n) is 2.93. The molecule has 0 aliphatic carbocycles. The van der Waals surface area contributed by atoms with Gasteiger partial charge < -0.3 is 4.74 Å². The van der Waals surface area contributed by atoms with Crippen LogP contribution in [0.3, 0.4) is 0 Å². The van der Waals surface area contributed by atoms with Crippen molar-refractivity contribution in [2.75, 3.05) is 13.2 Å². The molecule has 4 nitrogen and oxygen atoms in total. The summed E-state index contributed by atoms with van der Waals surface area (Å²) in [7, 11) is 0. The zero-order chi connectivity index (χ0) is 12.1. The van der Waals surface area contributed by atoms with Crippen LogP contribution in [0.2, 0.25) is 0 Å². The molecule has 17 heavy (non-hydrogen) atoms. The molecule has 0 amide bonds. The van der Waals surface area contributed by atoms with E-state index in [-0.39, 0.29) is 16.5 Å². The smallest absolute Gasteiger partial charge is 0.272 e. The van der Waals surface area contributed by atoms with Crippen LogP contribution in [0.5, 0.6) is 0 Å². The number of benzene rings is 1. The minimum absolute atomic E-state index is 0.206. The third-order valence-corrected chi connectivity index (χ3v) is 2.93. The van der Waals surface area contributed by atoms with Crippen molar-refractivity contribution in [1.82, 2.24) is 0 Å². The Bertz CT molecular complexity index is 408. The van der Waals surface area contributed by atoms with Crippen molar-refractivity contribution in [3.63, 3.8) is 0 Å². The summed E-state index contributed by atoms with van der Waals surface area (Å²) in [5.41, 5.74) is 0.876. The standard InChI is InChI=1S/C13H15NO3/c15-14(16)13(12-4-2-1-3-5-12)10-11-6-8-17-9-7-11/h1-5,10-11H,6-9H2. The van der Waals surface area contributed by atoms with Crippen LogP contribution in [-0.2, 0) is 4.74 Å². The lowest BCUT2D eigenvalue weighted by Gasteiger charge is -2.18. The minimum Gasteiger partial charge on any atom is -0.381 e. The molecule has 0 N–H and O–H groups in total. The summed E-state index contributed by atoms with van der Waals surface area (Å²) in [6, 6.07) is 9.03. The summed E-state index contributed by atoms with van der Waals surface area (Å²) >= 11 is 0. The molecule has 0 aromatic heterocycles. The Morgan fingerprint density at radius 2 is 1.94 bits per heavy atom. The lowest BCUT2D eigenvalue weighted by molar-refractivity contribution is -0.375. The average Bonchev–Trinajstić information content (AvgIpc) is 2.38. The molecule has 0 radical (unpaired) electrons. The maximum absolute atomic E-state index is 11.1. The maximum Gasteiger partial charge on any atom is 0.272 e. The van der Waals surface area contributed by atoms with Crippen LogP contribution in [0.1, 0.15) is 18.4 Å². The molecule has 90 valence electrons. The average molecular weight is 233 g/mol. The van der Waals surface area contributed by atoms with E-state index in [1.807, 2.05) is 18.2 Å². The predicted molar refractivity (Wildman–Crippen MR) is 65.0 cm³/mol. The minimum atomic E-state index is -0.301. The van der Waals surface area contributed by atoms with Crippen molar-refractivity contribution in [2.24, 2.45) is 5.92 Å². The fraction of sp³-hybridized carbons (Fsp3) is 0.385. The van der Waals surface area contributed by atoms with E-state index in [2.05, 4.69) is 0 Å². The van der Waals surface area contributed by atoms with Gasteiger partial charge in [-0.3, -0.25) is 10.1 Å². The maximum atomic E-state index is 11.1. The van der Waals surface area contributed by atoms with E-state index in [1.54, 1.807) is 18.2 Å². The second kappa shape index (κ2) is 5.59. The Morgan fingerprint density at radius 1 is 1.29 bits per heavy atom. The van der Waals surface area contributed by atoms with Gasteiger partial charge >= 0.3 is 0 Å². The van der Waals surface area contributed by atoms with Gasteiger partial charge in [0, 0.05) is 13.2 Å². The quantitative estimate of drug-likeness (QED) is 0.595. The molecule has 1 aromatic carbocycles. The Morgan fingerprint density at radius 3 is 2.53 bits per heavy atom. The molecule has 1 fully saturated rings. The molecular weight excluding hydrogens is 218 g/mol. The molecule has 1 saturated heterocycles. The first-order valence-electron chi connectivity index (χ1n) is 5.77. The van der Waals surface area contributed by atoms with E-state index in [4.69, 9.17) is 4.74 Å². The molecule has 1 aliphatic heterocycles. The van der Waals surface area contributed by atoms with E-state index in [0.29, 0.717) is 18.8 Å². The molecule has 1 aliphatic rings. The first-order chi connectivity index (χ1) is 8.27. The van der Waals surface area contributed by atoms with Gasteiger partial charge in [0.1, 0.15) is 0 Å². The Kier molecular flexibility index (Phi) is 3.88. The Labute approximate surface area is 100 Å². The SMILES string of the molecule is O=[N+]([O-])C(=CC1CCOCC1)c1ccccc1. The van der Waals surface area contributed by atoms with E-state index in [9.17, 15) is 10.1 Å². The van der Waals surface area contributed by atoms with Crippen LogP contribution in [0.15, 0.2) is 36.4 Å². The number of nitrogens with zero attached hydrogens (tertiary/aromatic N) is 1. The molecule has 1 aromatic rings. The van der Waals surface area contributed by atoms with E-state index >= 15 is 0 Å².